The number of rotatable bonds is 8. The molecule has 27 heavy (non-hydrogen) atoms. The van der Waals surface area contributed by atoms with Crippen LogP contribution in [0.4, 0.5) is 0 Å². The zero-order valence-corrected chi connectivity index (χ0v) is 19.1. The molecule has 138 valence electrons. The molecular formula is C26H30Zr. The molecule has 0 heterocycles. The van der Waals surface area contributed by atoms with Crippen LogP contribution in [0.15, 0.2) is 59.7 Å². The van der Waals surface area contributed by atoms with E-state index in [1.54, 1.807) is 22.3 Å². The molecule has 0 nitrogen and oxygen atoms in total. The minimum atomic E-state index is -0.693. The van der Waals surface area contributed by atoms with Gasteiger partial charge in [0.25, 0.3) is 0 Å². The number of hydrogen-bond donors (Lipinski definition) is 0. The summed E-state index contributed by atoms with van der Waals surface area (Å²) in [5, 5.41) is 0. The molecule has 2 aromatic carbocycles. The van der Waals surface area contributed by atoms with E-state index < -0.39 is 23.2 Å². The molecule has 2 aliphatic rings. The molecule has 2 atom stereocenters. The fraction of sp³-hybridized carbons (Fsp3) is 0.385. The van der Waals surface area contributed by atoms with E-state index in [0.717, 1.165) is 7.25 Å². The Bertz CT molecular complexity index is 787. The van der Waals surface area contributed by atoms with Crippen LogP contribution in [0.1, 0.15) is 81.9 Å². The number of allylic oxidation sites excluding steroid dienone is 2. The fourth-order valence-corrected chi connectivity index (χ4v) is 9.70. The van der Waals surface area contributed by atoms with Gasteiger partial charge in [-0.25, -0.2) is 0 Å². The maximum absolute atomic E-state index is 2.53. The van der Waals surface area contributed by atoms with Crippen LogP contribution in [0.5, 0.6) is 0 Å². The van der Waals surface area contributed by atoms with Crippen molar-refractivity contribution < 1.29 is 23.2 Å². The molecule has 0 spiro atoms. The summed E-state index contributed by atoms with van der Waals surface area (Å²) in [7, 11) is 0. The molecule has 0 amide bonds. The van der Waals surface area contributed by atoms with Gasteiger partial charge in [-0.3, -0.25) is 0 Å². The number of fused-ring (bicyclic) bond motifs is 2. The van der Waals surface area contributed by atoms with E-state index in [1.165, 1.54) is 49.7 Å². The first-order chi connectivity index (χ1) is 13.3. The van der Waals surface area contributed by atoms with E-state index in [2.05, 4.69) is 74.5 Å². The van der Waals surface area contributed by atoms with Crippen molar-refractivity contribution in [3.8, 4) is 0 Å². The van der Waals surface area contributed by atoms with Crippen molar-refractivity contribution >= 4 is 12.2 Å². The van der Waals surface area contributed by atoms with E-state index in [0.29, 0.717) is 0 Å². The number of benzene rings is 2. The van der Waals surface area contributed by atoms with E-state index in [9.17, 15) is 0 Å². The predicted octanol–water partition coefficient (Wildman–Crippen LogP) is 7.73. The quantitative estimate of drug-likeness (QED) is 0.399. The maximum atomic E-state index is 2.53. The monoisotopic (exact) mass is 432 g/mol. The molecule has 2 unspecified atom stereocenters. The van der Waals surface area contributed by atoms with Crippen LogP contribution in [-0.4, -0.2) is 0 Å². The number of hydrogen-bond acceptors (Lipinski definition) is 0. The van der Waals surface area contributed by atoms with Crippen LogP contribution in [0.2, 0.25) is 0 Å². The SMILES string of the molecule is CCCCC1=Cc2ccccc2[CH]1[Zr][CH]1C(CCCC)=Cc2ccccc21. The molecule has 0 radical (unpaired) electrons. The van der Waals surface area contributed by atoms with Crippen LogP contribution < -0.4 is 0 Å². The third kappa shape index (κ3) is 4.00. The van der Waals surface area contributed by atoms with Crippen LogP contribution in [0.3, 0.4) is 0 Å². The Morgan fingerprint density at radius 3 is 1.56 bits per heavy atom. The number of unbranched alkanes of at least 4 members (excludes halogenated alkanes) is 2. The molecule has 0 N–H and O–H groups in total. The van der Waals surface area contributed by atoms with Crippen molar-refractivity contribution in [3.05, 3.63) is 81.9 Å². The predicted molar refractivity (Wildman–Crippen MR) is 113 cm³/mol. The molecule has 1 heteroatoms. The molecule has 0 saturated carbocycles. The first-order valence-corrected chi connectivity index (χ1v) is 13.5. The van der Waals surface area contributed by atoms with Crippen molar-refractivity contribution in [2.75, 3.05) is 0 Å². The summed E-state index contributed by atoms with van der Waals surface area (Å²) >= 11 is -0.693. The third-order valence-electron chi connectivity index (χ3n) is 6.01. The molecule has 2 aromatic rings. The van der Waals surface area contributed by atoms with E-state index in [4.69, 9.17) is 0 Å². The van der Waals surface area contributed by atoms with E-state index >= 15 is 0 Å². The van der Waals surface area contributed by atoms with Crippen molar-refractivity contribution in [1.29, 1.82) is 0 Å². The molecule has 4 rings (SSSR count). The van der Waals surface area contributed by atoms with Gasteiger partial charge < -0.3 is 0 Å². The summed E-state index contributed by atoms with van der Waals surface area (Å²) in [6.45, 7) is 4.63. The van der Waals surface area contributed by atoms with Gasteiger partial charge in [0.1, 0.15) is 0 Å². The summed E-state index contributed by atoms with van der Waals surface area (Å²) in [4.78, 5) is 0. The molecule has 0 fully saturated rings. The van der Waals surface area contributed by atoms with Gasteiger partial charge in [-0.15, -0.1) is 0 Å². The van der Waals surface area contributed by atoms with Gasteiger partial charge in [-0.2, -0.15) is 0 Å². The summed E-state index contributed by atoms with van der Waals surface area (Å²) in [6.07, 6.45) is 12.9. The minimum absolute atomic E-state index is 0.693. The van der Waals surface area contributed by atoms with Crippen LogP contribution in [0, 0.1) is 0 Å². The topological polar surface area (TPSA) is 0 Å². The first kappa shape index (κ1) is 19.1. The Balaban J connectivity index is 1.64. The average Bonchev–Trinajstić information content (AvgIpc) is 3.23. The zero-order chi connectivity index (χ0) is 18.6. The fourth-order valence-electron chi connectivity index (χ4n) is 4.53. The normalized spacial score (nSPS) is 20.1. The van der Waals surface area contributed by atoms with Crippen LogP contribution in [-0.2, 0) is 23.2 Å². The summed E-state index contributed by atoms with van der Waals surface area (Å²) < 4.78 is 1.52. The van der Waals surface area contributed by atoms with Gasteiger partial charge in [0.05, 0.1) is 0 Å². The zero-order valence-electron chi connectivity index (χ0n) is 16.7. The second-order valence-electron chi connectivity index (χ2n) is 7.94. The Labute approximate surface area is 176 Å². The second-order valence-corrected chi connectivity index (χ2v) is 11.6. The summed E-state index contributed by atoms with van der Waals surface area (Å²) in [6, 6.07) is 18.4. The van der Waals surface area contributed by atoms with Gasteiger partial charge in [-0.1, -0.05) is 0 Å². The van der Waals surface area contributed by atoms with E-state index in [-0.39, 0.29) is 0 Å². The van der Waals surface area contributed by atoms with Crippen molar-refractivity contribution in [3.63, 3.8) is 0 Å². The Morgan fingerprint density at radius 2 is 1.11 bits per heavy atom. The van der Waals surface area contributed by atoms with Gasteiger partial charge in [0.2, 0.25) is 0 Å². The van der Waals surface area contributed by atoms with Crippen molar-refractivity contribution in [2.24, 2.45) is 0 Å². The summed E-state index contributed by atoms with van der Waals surface area (Å²) in [5.74, 6) is 0. The summed E-state index contributed by atoms with van der Waals surface area (Å²) in [5.41, 5.74) is 9.75. The molecule has 0 saturated heterocycles. The third-order valence-corrected chi connectivity index (χ3v) is 11.0. The van der Waals surface area contributed by atoms with Gasteiger partial charge in [-0.05, 0) is 0 Å². The van der Waals surface area contributed by atoms with Crippen LogP contribution in [0.25, 0.3) is 12.2 Å². The van der Waals surface area contributed by atoms with Gasteiger partial charge >= 0.3 is 177 Å². The Kier molecular flexibility index (Phi) is 6.29. The molecular weight excluding hydrogens is 404 g/mol. The van der Waals surface area contributed by atoms with Crippen LogP contribution >= 0.6 is 0 Å². The average molecular weight is 434 g/mol. The second kappa shape index (κ2) is 8.87. The van der Waals surface area contributed by atoms with Crippen molar-refractivity contribution in [1.82, 2.24) is 0 Å². The van der Waals surface area contributed by atoms with Gasteiger partial charge in [0.15, 0.2) is 0 Å². The Morgan fingerprint density at radius 1 is 0.667 bits per heavy atom. The molecule has 0 aromatic heterocycles. The van der Waals surface area contributed by atoms with Crippen molar-refractivity contribution in [2.45, 2.75) is 59.6 Å². The molecule has 0 bridgehead atoms. The molecule has 0 aliphatic heterocycles. The molecule has 2 aliphatic carbocycles. The van der Waals surface area contributed by atoms with Gasteiger partial charge in [0, 0.05) is 0 Å². The Hall–Kier alpha value is -1.20. The van der Waals surface area contributed by atoms with E-state index in [1.807, 2.05) is 0 Å². The standard InChI is InChI=1S/2C13H15.Zr/c2*1-2-3-6-11-9-12-7-4-5-8-13(12)10-11;/h2*4-5,7-10H,2-3,6H2,1H3;. The first-order valence-electron chi connectivity index (χ1n) is 10.7.